The van der Waals surface area contributed by atoms with E-state index in [9.17, 15) is 9.59 Å². The summed E-state index contributed by atoms with van der Waals surface area (Å²) in [6.45, 7) is 6.06. The van der Waals surface area contributed by atoms with Gasteiger partial charge in [0, 0.05) is 38.2 Å². The summed E-state index contributed by atoms with van der Waals surface area (Å²) in [6.07, 6.45) is 1.22. The second-order valence-corrected chi connectivity index (χ2v) is 5.73. The highest BCUT2D eigenvalue weighted by Crippen LogP contribution is 2.11. The highest BCUT2D eigenvalue weighted by molar-refractivity contribution is 5.94. The van der Waals surface area contributed by atoms with E-state index in [0.29, 0.717) is 37.2 Å². The fraction of sp³-hybridized carbons (Fsp3) is 0.500. The number of ether oxygens (including phenoxy) is 1. The molecule has 6 heteroatoms. The van der Waals surface area contributed by atoms with Gasteiger partial charge in [0.2, 0.25) is 0 Å². The van der Waals surface area contributed by atoms with Gasteiger partial charge in [-0.15, -0.1) is 0 Å². The van der Waals surface area contributed by atoms with Gasteiger partial charge in [0.1, 0.15) is 0 Å². The Morgan fingerprint density at radius 1 is 1.17 bits per heavy atom. The lowest BCUT2D eigenvalue weighted by Gasteiger charge is -2.34. The number of carbonyl (C=O) groups excluding carboxylic acids is 2. The van der Waals surface area contributed by atoms with Crippen LogP contribution in [-0.2, 0) is 9.53 Å². The van der Waals surface area contributed by atoms with Crippen molar-refractivity contribution in [3.8, 4) is 6.07 Å². The molecule has 0 atom stereocenters. The fourth-order valence-electron chi connectivity index (χ4n) is 2.72. The van der Waals surface area contributed by atoms with Crippen molar-refractivity contribution < 1.29 is 14.3 Å². The average Bonchev–Trinajstić information content (AvgIpc) is 2.62. The van der Waals surface area contributed by atoms with Gasteiger partial charge in [-0.3, -0.25) is 14.5 Å². The molecule has 1 heterocycles. The molecular formula is C18H23N3O3. The first kappa shape index (κ1) is 18.0. The molecule has 1 aliphatic heterocycles. The molecule has 2 rings (SSSR count). The van der Waals surface area contributed by atoms with Gasteiger partial charge in [-0.05, 0) is 44.2 Å². The van der Waals surface area contributed by atoms with Crippen LogP contribution < -0.4 is 0 Å². The van der Waals surface area contributed by atoms with Crippen LogP contribution >= 0.6 is 0 Å². The highest BCUT2D eigenvalue weighted by atomic mass is 16.5. The van der Waals surface area contributed by atoms with Gasteiger partial charge in [-0.25, -0.2) is 0 Å². The Kier molecular flexibility index (Phi) is 6.76. The molecule has 0 saturated carbocycles. The number of nitriles is 1. The smallest absolute Gasteiger partial charge is 0.305 e. The lowest BCUT2D eigenvalue weighted by Crippen LogP contribution is -2.48. The van der Waals surface area contributed by atoms with Gasteiger partial charge in [0.25, 0.3) is 5.91 Å². The Morgan fingerprint density at radius 3 is 2.42 bits per heavy atom. The molecule has 0 unspecified atom stereocenters. The zero-order valence-electron chi connectivity index (χ0n) is 14.0. The van der Waals surface area contributed by atoms with Gasteiger partial charge in [0.15, 0.2) is 0 Å². The van der Waals surface area contributed by atoms with Crippen molar-refractivity contribution in [3.05, 3.63) is 35.4 Å². The van der Waals surface area contributed by atoms with Crippen molar-refractivity contribution in [2.24, 2.45) is 0 Å². The van der Waals surface area contributed by atoms with Crippen molar-refractivity contribution in [1.29, 1.82) is 5.26 Å². The van der Waals surface area contributed by atoms with Crippen LogP contribution in [-0.4, -0.2) is 61.0 Å². The molecule has 6 nitrogen and oxygen atoms in total. The van der Waals surface area contributed by atoms with E-state index in [4.69, 9.17) is 10.00 Å². The third-order valence-electron chi connectivity index (χ3n) is 4.08. The molecule has 0 aliphatic carbocycles. The van der Waals surface area contributed by atoms with Crippen LogP contribution in [0.1, 0.15) is 35.7 Å². The zero-order chi connectivity index (χ0) is 17.4. The molecule has 1 aromatic carbocycles. The molecule has 0 N–H and O–H groups in total. The number of piperazine rings is 1. The summed E-state index contributed by atoms with van der Waals surface area (Å²) in [5, 5.41) is 8.80. The number of hydrogen-bond acceptors (Lipinski definition) is 5. The van der Waals surface area contributed by atoms with Crippen LogP contribution in [0.25, 0.3) is 0 Å². The molecule has 0 aromatic heterocycles. The monoisotopic (exact) mass is 329 g/mol. The van der Waals surface area contributed by atoms with E-state index in [0.717, 1.165) is 26.1 Å². The minimum absolute atomic E-state index is 0.00524. The van der Waals surface area contributed by atoms with Crippen LogP contribution in [0.5, 0.6) is 0 Å². The summed E-state index contributed by atoms with van der Waals surface area (Å²) in [6, 6.07) is 8.78. The predicted molar refractivity (Wildman–Crippen MR) is 89.4 cm³/mol. The van der Waals surface area contributed by atoms with Gasteiger partial charge in [-0.1, -0.05) is 0 Å². The number of amides is 1. The van der Waals surface area contributed by atoms with Gasteiger partial charge in [-0.2, -0.15) is 5.26 Å². The molecule has 1 amide bonds. The summed E-state index contributed by atoms with van der Waals surface area (Å²) < 4.78 is 4.91. The molecule has 0 radical (unpaired) electrons. The molecule has 0 spiro atoms. The van der Waals surface area contributed by atoms with Crippen molar-refractivity contribution >= 4 is 11.9 Å². The quantitative estimate of drug-likeness (QED) is 0.742. The van der Waals surface area contributed by atoms with Crippen LogP contribution in [0.3, 0.4) is 0 Å². The normalized spacial score (nSPS) is 14.9. The maximum atomic E-state index is 12.4. The number of hydrogen-bond donors (Lipinski definition) is 0. The van der Waals surface area contributed by atoms with Crippen molar-refractivity contribution in [1.82, 2.24) is 9.80 Å². The topological polar surface area (TPSA) is 73.6 Å². The molecule has 1 saturated heterocycles. The lowest BCUT2D eigenvalue weighted by molar-refractivity contribution is -0.143. The standard InChI is InChI=1S/C18H23N3O3/c1-2-24-17(22)4-3-9-20-10-12-21(13-11-20)18(23)16-7-5-15(14-19)6-8-16/h5-8H,2-4,9-13H2,1H3. The Bertz CT molecular complexity index is 599. The number of benzene rings is 1. The first-order valence-electron chi connectivity index (χ1n) is 8.31. The Hall–Kier alpha value is -2.39. The van der Waals surface area contributed by atoms with Gasteiger partial charge < -0.3 is 9.64 Å². The van der Waals surface area contributed by atoms with Crippen LogP contribution in [0.4, 0.5) is 0 Å². The van der Waals surface area contributed by atoms with E-state index in [-0.39, 0.29) is 11.9 Å². The highest BCUT2D eigenvalue weighted by Gasteiger charge is 2.22. The summed E-state index contributed by atoms with van der Waals surface area (Å²) in [4.78, 5) is 27.9. The van der Waals surface area contributed by atoms with Crippen LogP contribution in [0, 0.1) is 11.3 Å². The minimum atomic E-state index is -0.146. The molecule has 1 aliphatic rings. The number of carbonyl (C=O) groups is 2. The van der Waals surface area contributed by atoms with Crippen LogP contribution in [0.15, 0.2) is 24.3 Å². The summed E-state index contributed by atoms with van der Waals surface area (Å²) in [5.41, 5.74) is 1.17. The third-order valence-corrected chi connectivity index (χ3v) is 4.08. The Balaban J connectivity index is 1.74. The zero-order valence-corrected chi connectivity index (χ0v) is 14.0. The largest absolute Gasteiger partial charge is 0.466 e. The lowest BCUT2D eigenvalue weighted by atomic mass is 10.1. The number of rotatable bonds is 6. The van der Waals surface area contributed by atoms with Crippen LogP contribution in [0.2, 0.25) is 0 Å². The Morgan fingerprint density at radius 2 is 1.83 bits per heavy atom. The molecule has 0 bridgehead atoms. The predicted octanol–water partition coefficient (Wildman–Crippen LogP) is 1.66. The summed E-state index contributed by atoms with van der Waals surface area (Å²) >= 11 is 0. The molecule has 1 fully saturated rings. The van der Waals surface area contributed by atoms with E-state index in [2.05, 4.69) is 4.90 Å². The first-order chi connectivity index (χ1) is 11.6. The number of nitrogens with zero attached hydrogens (tertiary/aromatic N) is 3. The summed E-state index contributed by atoms with van der Waals surface area (Å²) in [7, 11) is 0. The second-order valence-electron chi connectivity index (χ2n) is 5.73. The second kappa shape index (κ2) is 9.04. The SMILES string of the molecule is CCOC(=O)CCCN1CCN(C(=O)c2ccc(C#N)cc2)CC1. The maximum absolute atomic E-state index is 12.4. The molecule has 24 heavy (non-hydrogen) atoms. The van der Waals surface area contributed by atoms with Gasteiger partial charge in [0.05, 0.1) is 18.2 Å². The number of esters is 1. The third kappa shape index (κ3) is 5.07. The van der Waals surface area contributed by atoms with E-state index in [1.165, 1.54) is 0 Å². The minimum Gasteiger partial charge on any atom is -0.466 e. The van der Waals surface area contributed by atoms with Crippen molar-refractivity contribution in [2.75, 3.05) is 39.3 Å². The van der Waals surface area contributed by atoms with Crippen molar-refractivity contribution in [3.63, 3.8) is 0 Å². The van der Waals surface area contributed by atoms with E-state index >= 15 is 0 Å². The molecule has 128 valence electrons. The van der Waals surface area contributed by atoms with E-state index < -0.39 is 0 Å². The summed E-state index contributed by atoms with van der Waals surface area (Å²) in [5.74, 6) is -0.141. The average molecular weight is 329 g/mol. The van der Waals surface area contributed by atoms with Gasteiger partial charge >= 0.3 is 5.97 Å². The van der Waals surface area contributed by atoms with E-state index in [1.54, 1.807) is 24.3 Å². The molecule has 1 aromatic rings. The maximum Gasteiger partial charge on any atom is 0.305 e. The van der Waals surface area contributed by atoms with Crippen molar-refractivity contribution in [2.45, 2.75) is 19.8 Å². The Labute approximate surface area is 142 Å². The fourth-order valence-corrected chi connectivity index (χ4v) is 2.72. The molecular weight excluding hydrogens is 306 g/mol. The van der Waals surface area contributed by atoms with E-state index in [1.807, 2.05) is 17.9 Å². The first-order valence-corrected chi connectivity index (χ1v) is 8.31.